The van der Waals surface area contributed by atoms with Crippen molar-refractivity contribution in [2.24, 2.45) is 11.8 Å². The minimum Gasteiger partial charge on any atom is -0.481 e. The first-order chi connectivity index (χ1) is 18.4. The van der Waals surface area contributed by atoms with Gasteiger partial charge in [0.05, 0.1) is 30.3 Å². The largest absolute Gasteiger partial charge is 0.481 e. The summed E-state index contributed by atoms with van der Waals surface area (Å²) < 4.78 is 5.03. The number of amides is 2. The molecule has 0 saturated heterocycles. The molecule has 202 valence electrons. The van der Waals surface area contributed by atoms with Gasteiger partial charge in [0.2, 0.25) is 11.8 Å². The first-order valence-corrected chi connectivity index (χ1v) is 14.6. The van der Waals surface area contributed by atoms with E-state index in [1.54, 1.807) is 24.3 Å². The van der Waals surface area contributed by atoms with Crippen molar-refractivity contribution in [3.8, 4) is 0 Å². The van der Waals surface area contributed by atoms with Crippen LogP contribution in [0.1, 0.15) is 59.3 Å². The molecule has 2 atom stereocenters. The third-order valence-electron chi connectivity index (χ3n) is 6.87. The summed E-state index contributed by atoms with van der Waals surface area (Å²) >= 11 is 2.78. The molecule has 0 spiro atoms. The normalized spacial score (nSPS) is 19.0. The number of carboxylic acids is 1. The van der Waals surface area contributed by atoms with E-state index in [9.17, 15) is 24.3 Å². The fourth-order valence-electron chi connectivity index (χ4n) is 4.91. The summed E-state index contributed by atoms with van der Waals surface area (Å²) in [5, 5.41) is 15.8. The second-order valence-electron chi connectivity index (χ2n) is 9.46. The Morgan fingerprint density at radius 3 is 2.50 bits per heavy atom. The highest BCUT2D eigenvalue weighted by atomic mass is 32.2. The van der Waals surface area contributed by atoms with Gasteiger partial charge in [-0.2, -0.15) is 0 Å². The van der Waals surface area contributed by atoms with E-state index in [1.807, 2.05) is 12.1 Å². The number of hydrogen-bond donors (Lipinski definition) is 3. The molecule has 38 heavy (non-hydrogen) atoms. The lowest BCUT2D eigenvalue weighted by Crippen LogP contribution is -2.34. The van der Waals surface area contributed by atoms with Crippen molar-refractivity contribution in [3.63, 3.8) is 0 Å². The molecule has 3 N–H and O–H groups in total. The lowest BCUT2D eigenvalue weighted by Gasteiger charge is -2.24. The number of rotatable bonds is 8. The number of thioether (sulfide) groups is 1. The first-order valence-electron chi connectivity index (χ1n) is 12.8. The molecule has 1 aromatic heterocycles. The molecule has 10 heteroatoms. The van der Waals surface area contributed by atoms with Crippen molar-refractivity contribution in [1.82, 2.24) is 0 Å². The molecule has 2 aliphatic carbocycles. The van der Waals surface area contributed by atoms with Crippen LogP contribution in [0, 0.1) is 11.8 Å². The zero-order valence-corrected chi connectivity index (χ0v) is 22.9. The number of carbonyl (C=O) groups is 4. The second kappa shape index (κ2) is 13.1. The van der Waals surface area contributed by atoms with Crippen LogP contribution < -0.4 is 10.6 Å². The average molecular weight is 557 g/mol. The quantitative estimate of drug-likeness (QED) is 0.222. The van der Waals surface area contributed by atoms with E-state index in [2.05, 4.69) is 10.6 Å². The molecular weight excluding hydrogens is 524 g/mol. The number of anilines is 2. The van der Waals surface area contributed by atoms with Gasteiger partial charge in [0.1, 0.15) is 5.00 Å². The van der Waals surface area contributed by atoms with E-state index in [0.717, 1.165) is 47.4 Å². The molecule has 2 aliphatic rings. The van der Waals surface area contributed by atoms with Gasteiger partial charge in [-0.05, 0) is 62.3 Å². The molecular formula is C28H32N2O6S2. The molecule has 0 radical (unpaired) electrons. The van der Waals surface area contributed by atoms with E-state index in [1.165, 1.54) is 36.6 Å². The van der Waals surface area contributed by atoms with Crippen molar-refractivity contribution < 1.29 is 29.0 Å². The van der Waals surface area contributed by atoms with Gasteiger partial charge in [-0.25, -0.2) is 4.79 Å². The van der Waals surface area contributed by atoms with Crippen LogP contribution in [0.3, 0.4) is 0 Å². The summed E-state index contributed by atoms with van der Waals surface area (Å²) in [6, 6.07) is 7.12. The Morgan fingerprint density at radius 1 is 1.03 bits per heavy atom. The molecule has 2 unspecified atom stereocenters. The zero-order chi connectivity index (χ0) is 27.1. The van der Waals surface area contributed by atoms with Crippen LogP contribution in [0.5, 0.6) is 0 Å². The van der Waals surface area contributed by atoms with E-state index < -0.39 is 23.8 Å². The van der Waals surface area contributed by atoms with Crippen LogP contribution in [0.4, 0.5) is 10.7 Å². The number of aryl methyl sites for hydroxylation is 1. The number of carbonyl (C=O) groups excluding carboxylic acids is 3. The van der Waals surface area contributed by atoms with Crippen molar-refractivity contribution in [1.29, 1.82) is 0 Å². The van der Waals surface area contributed by atoms with Gasteiger partial charge in [0, 0.05) is 15.5 Å². The maximum Gasteiger partial charge on any atom is 0.341 e. The summed E-state index contributed by atoms with van der Waals surface area (Å²) in [4.78, 5) is 51.7. The molecule has 2 amide bonds. The number of methoxy groups -OCH3 is 1. The predicted octanol–water partition coefficient (Wildman–Crippen LogP) is 5.53. The summed E-state index contributed by atoms with van der Waals surface area (Å²) in [6.45, 7) is 0. The van der Waals surface area contributed by atoms with Crippen LogP contribution >= 0.6 is 23.1 Å². The smallest absolute Gasteiger partial charge is 0.341 e. The molecule has 4 rings (SSSR count). The standard InChI is InChI=1S/C28H32N2O6S2/c1-36-28(35)24-21-13-4-2-3-5-14-22(21)38-26(24)30-23(31)16-37-18-10-8-9-17(15-18)29-25(32)19-11-6-7-12-20(19)27(33)34/h6-10,15,19-20H,2-5,11-14,16H2,1H3,(H,29,32)(H,30,31)(H,33,34). The average Bonchev–Trinajstić information content (AvgIpc) is 3.22. The number of thiophene rings is 1. The number of ether oxygens (including phenoxy) is 1. The van der Waals surface area contributed by atoms with E-state index >= 15 is 0 Å². The fourth-order valence-corrected chi connectivity index (χ4v) is 6.96. The van der Waals surface area contributed by atoms with E-state index in [-0.39, 0.29) is 17.6 Å². The van der Waals surface area contributed by atoms with Crippen molar-refractivity contribution in [2.45, 2.75) is 56.3 Å². The Bertz CT molecular complexity index is 1240. The third kappa shape index (κ3) is 6.85. The van der Waals surface area contributed by atoms with Gasteiger partial charge in [-0.3, -0.25) is 14.4 Å². The van der Waals surface area contributed by atoms with Crippen molar-refractivity contribution in [3.05, 3.63) is 52.4 Å². The number of benzene rings is 1. The highest BCUT2D eigenvalue weighted by molar-refractivity contribution is 8.00. The predicted molar refractivity (Wildman–Crippen MR) is 149 cm³/mol. The Labute approximate surface area is 230 Å². The summed E-state index contributed by atoms with van der Waals surface area (Å²) in [7, 11) is 1.36. The molecule has 0 fully saturated rings. The van der Waals surface area contributed by atoms with Gasteiger partial charge in [0.15, 0.2) is 0 Å². The highest BCUT2D eigenvalue weighted by Crippen LogP contribution is 2.38. The lowest BCUT2D eigenvalue weighted by molar-refractivity contribution is -0.146. The lowest BCUT2D eigenvalue weighted by atomic mass is 9.82. The minimum atomic E-state index is -0.974. The maximum absolute atomic E-state index is 12.9. The van der Waals surface area contributed by atoms with Gasteiger partial charge in [-0.1, -0.05) is 31.1 Å². The Balaban J connectivity index is 1.39. The van der Waals surface area contributed by atoms with Crippen molar-refractivity contribution >= 4 is 57.5 Å². The van der Waals surface area contributed by atoms with Gasteiger partial charge >= 0.3 is 11.9 Å². The Hall–Kier alpha value is -3.11. The molecule has 2 aromatic rings. The van der Waals surface area contributed by atoms with Crippen LogP contribution in [-0.2, 0) is 32.0 Å². The zero-order valence-electron chi connectivity index (χ0n) is 21.3. The Morgan fingerprint density at radius 2 is 1.76 bits per heavy atom. The van der Waals surface area contributed by atoms with Crippen LogP contribution in [-0.4, -0.2) is 41.7 Å². The second-order valence-corrected chi connectivity index (χ2v) is 11.6. The summed E-state index contributed by atoms with van der Waals surface area (Å²) in [6.07, 6.45) is 10.4. The molecule has 0 saturated carbocycles. The Kier molecular flexibility index (Phi) is 9.63. The van der Waals surface area contributed by atoms with Crippen LogP contribution in [0.25, 0.3) is 0 Å². The van der Waals surface area contributed by atoms with Crippen LogP contribution in [0.15, 0.2) is 41.3 Å². The molecule has 0 aliphatic heterocycles. The van der Waals surface area contributed by atoms with E-state index in [4.69, 9.17) is 4.74 Å². The van der Waals surface area contributed by atoms with Crippen LogP contribution in [0.2, 0.25) is 0 Å². The van der Waals surface area contributed by atoms with Gasteiger partial charge in [-0.15, -0.1) is 23.1 Å². The highest BCUT2D eigenvalue weighted by Gasteiger charge is 2.34. The number of allylic oxidation sites excluding steroid dienone is 2. The molecule has 1 aromatic carbocycles. The SMILES string of the molecule is COC(=O)c1c(NC(=O)CSc2cccc(NC(=O)C3CC=CCC3C(=O)O)c2)sc2c1CCCCCC2. The number of esters is 1. The van der Waals surface area contributed by atoms with Gasteiger partial charge < -0.3 is 20.5 Å². The van der Waals surface area contributed by atoms with Gasteiger partial charge in [0.25, 0.3) is 0 Å². The topological polar surface area (TPSA) is 122 Å². The monoisotopic (exact) mass is 556 g/mol. The maximum atomic E-state index is 12.9. The summed E-state index contributed by atoms with van der Waals surface area (Å²) in [5.74, 6) is -3.21. The first kappa shape index (κ1) is 27.9. The van der Waals surface area contributed by atoms with E-state index in [0.29, 0.717) is 29.1 Å². The fraction of sp³-hybridized carbons (Fsp3) is 0.429. The molecule has 0 bridgehead atoms. The number of fused-ring (bicyclic) bond motifs is 1. The third-order valence-corrected chi connectivity index (χ3v) is 9.07. The molecule has 8 nitrogen and oxygen atoms in total. The number of aliphatic carboxylic acids is 1. The minimum absolute atomic E-state index is 0.120. The summed E-state index contributed by atoms with van der Waals surface area (Å²) in [5.41, 5.74) is 2.03. The molecule has 1 heterocycles. The number of hydrogen-bond acceptors (Lipinski definition) is 7. The number of carboxylic acid groups (broad SMARTS) is 1. The van der Waals surface area contributed by atoms with Crippen molar-refractivity contribution in [2.75, 3.05) is 23.5 Å². The number of nitrogens with one attached hydrogen (secondary N) is 2.